The van der Waals surface area contributed by atoms with Crippen LogP contribution in [-0.2, 0) is 14.9 Å². The Morgan fingerprint density at radius 2 is 1.76 bits per heavy atom. The molecule has 1 saturated heterocycles. The largest absolute Gasteiger partial charge is 0.381 e. The Morgan fingerprint density at radius 3 is 2.41 bits per heavy atom. The molecule has 2 aromatic carbocycles. The molecule has 0 unspecified atom stereocenters. The fourth-order valence-electron chi connectivity index (χ4n) is 3.45. The van der Waals surface area contributed by atoms with E-state index in [9.17, 15) is 9.59 Å². The second-order valence-corrected chi connectivity index (χ2v) is 8.02. The quantitative estimate of drug-likeness (QED) is 0.720. The predicted molar refractivity (Wildman–Crippen MR) is 115 cm³/mol. The molecule has 1 aliphatic heterocycles. The van der Waals surface area contributed by atoms with Crippen molar-refractivity contribution in [1.82, 2.24) is 10.9 Å². The Balaban J connectivity index is 1.79. The molecule has 1 fully saturated rings. The lowest BCUT2D eigenvalue weighted by Crippen LogP contribution is -2.53. The minimum absolute atomic E-state index is 0.331. The molecule has 8 heteroatoms. The van der Waals surface area contributed by atoms with Crippen molar-refractivity contribution < 1.29 is 14.3 Å². The van der Waals surface area contributed by atoms with Gasteiger partial charge < -0.3 is 9.64 Å². The number of carbonyl (C=O) groups is 2. The number of nitrogens with zero attached hydrogens (tertiary/aromatic N) is 1. The normalized spacial score (nSPS) is 15.4. The number of hydrazine groups is 1. The van der Waals surface area contributed by atoms with E-state index in [-0.39, 0.29) is 5.91 Å². The summed E-state index contributed by atoms with van der Waals surface area (Å²) < 4.78 is 5.45. The number of nitrogens with one attached hydrogen (secondary N) is 2. The molecule has 0 aliphatic carbocycles. The molecule has 29 heavy (non-hydrogen) atoms. The first-order valence-corrected chi connectivity index (χ1v) is 10.0. The molecule has 0 aromatic heterocycles. The number of rotatable bonds is 4. The van der Waals surface area contributed by atoms with E-state index in [1.54, 1.807) is 36.4 Å². The zero-order chi connectivity index (χ0) is 21.0. The van der Waals surface area contributed by atoms with Crippen molar-refractivity contribution in [2.75, 3.05) is 32.2 Å². The molecule has 0 bridgehead atoms. The van der Waals surface area contributed by atoms with E-state index in [4.69, 9.17) is 27.9 Å². The van der Waals surface area contributed by atoms with Crippen LogP contribution in [0.25, 0.3) is 0 Å². The van der Waals surface area contributed by atoms with Crippen LogP contribution < -0.4 is 15.8 Å². The Morgan fingerprint density at radius 1 is 1.03 bits per heavy atom. The number of ether oxygens (including phenoxy) is 1. The maximum atomic E-state index is 13.2. The predicted octanol–water partition coefficient (Wildman–Crippen LogP) is 3.57. The molecule has 2 amide bonds. The molecule has 3 rings (SSSR count). The van der Waals surface area contributed by atoms with Gasteiger partial charge in [0, 0.05) is 48.6 Å². The van der Waals surface area contributed by atoms with Crippen LogP contribution in [0.2, 0.25) is 10.0 Å². The van der Waals surface area contributed by atoms with Gasteiger partial charge in [-0.2, -0.15) is 0 Å². The fraction of sp³-hybridized carbons (Fsp3) is 0.333. The first kappa shape index (κ1) is 21.4. The van der Waals surface area contributed by atoms with Crippen molar-refractivity contribution in [3.05, 3.63) is 63.6 Å². The van der Waals surface area contributed by atoms with Crippen LogP contribution in [0.4, 0.5) is 5.69 Å². The van der Waals surface area contributed by atoms with Gasteiger partial charge >= 0.3 is 0 Å². The second-order valence-electron chi connectivity index (χ2n) is 7.17. The Kier molecular flexibility index (Phi) is 6.67. The van der Waals surface area contributed by atoms with Gasteiger partial charge in [-0.25, -0.2) is 0 Å². The van der Waals surface area contributed by atoms with Gasteiger partial charge in [0.15, 0.2) is 0 Å². The van der Waals surface area contributed by atoms with Crippen LogP contribution in [0.5, 0.6) is 0 Å². The highest BCUT2D eigenvalue weighted by molar-refractivity contribution is 6.35. The summed E-state index contributed by atoms with van der Waals surface area (Å²) >= 11 is 12.4. The lowest BCUT2D eigenvalue weighted by atomic mass is 9.73. The van der Waals surface area contributed by atoms with Crippen molar-refractivity contribution in [3.8, 4) is 0 Å². The molecular weight excluding hydrogens is 413 g/mol. The van der Waals surface area contributed by atoms with E-state index in [0.717, 1.165) is 5.69 Å². The Bertz CT molecular complexity index is 912. The van der Waals surface area contributed by atoms with E-state index >= 15 is 0 Å². The molecule has 6 nitrogen and oxygen atoms in total. The van der Waals surface area contributed by atoms with Gasteiger partial charge in [0.2, 0.25) is 5.91 Å². The van der Waals surface area contributed by atoms with Crippen molar-refractivity contribution in [3.63, 3.8) is 0 Å². The zero-order valence-electron chi connectivity index (χ0n) is 16.3. The minimum Gasteiger partial charge on any atom is -0.381 e. The van der Waals surface area contributed by atoms with Crippen molar-refractivity contribution in [2.24, 2.45) is 0 Å². The summed E-state index contributed by atoms with van der Waals surface area (Å²) in [6.07, 6.45) is 0.901. The van der Waals surface area contributed by atoms with Gasteiger partial charge in [0.05, 0.1) is 5.41 Å². The average Bonchev–Trinajstić information content (AvgIpc) is 2.72. The summed E-state index contributed by atoms with van der Waals surface area (Å²) in [7, 11) is 3.78. The molecule has 0 atom stereocenters. The molecule has 1 aliphatic rings. The molecule has 0 radical (unpaired) electrons. The smallest absolute Gasteiger partial charge is 0.269 e. The Labute approximate surface area is 180 Å². The molecule has 0 spiro atoms. The summed E-state index contributed by atoms with van der Waals surface area (Å²) in [6, 6.07) is 12.2. The highest BCUT2D eigenvalue weighted by Gasteiger charge is 2.43. The SMILES string of the molecule is CN(C)c1cccc(C(=O)NNC(=O)C2(c3ccc(Cl)cc3Cl)CCOCC2)c1. The number of carbonyl (C=O) groups excluding carboxylic acids is 2. The monoisotopic (exact) mass is 435 g/mol. The zero-order valence-corrected chi connectivity index (χ0v) is 17.8. The number of amides is 2. The van der Waals surface area contributed by atoms with E-state index in [1.165, 1.54) is 0 Å². The van der Waals surface area contributed by atoms with Crippen molar-refractivity contribution >= 4 is 40.7 Å². The van der Waals surface area contributed by atoms with Crippen LogP contribution in [0.3, 0.4) is 0 Å². The van der Waals surface area contributed by atoms with Gasteiger partial charge in [-0.1, -0.05) is 35.3 Å². The summed E-state index contributed by atoms with van der Waals surface area (Å²) in [6.45, 7) is 0.844. The van der Waals surface area contributed by atoms with Crippen LogP contribution in [0.1, 0.15) is 28.8 Å². The highest BCUT2D eigenvalue weighted by atomic mass is 35.5. The van der Waals surface area contributed by atoms with Crippen LogP contribution >= 0.6 is 23.2 Å². The summed E-state index contributed by atoms with van der Waals surface area (Å²) in [5.74, 6) is -0.728. The Hall–Kier alpha value is -2.28. The van der Waals surface area contributed by atoms with E-state index < -0.39 is 11.3 Å². The van der Waals surface area contributed by atoms with E-state index in [2.05, 4.69) is 10.9 Å². The molecule has 2 N–H and O–H groups in total. The van der Waals surface area contributed by atoms with Crippen LogP contribution in [0.15, 0.2) is 42.5 Å². The third-order valence-corrected chi connectivity index (χ3v) is 5.69. The lowest BCUT2D eigenvalue weighted by molar-refractivity contribution is -0.131. The van der Waals surface area contributed by atoms with Crippen LogP contribution in [-0.4, -0.2) is 39.1 Å². The topological polar surface area (TPSA) is 70.7 Å². The summed E-state index contributed by atoms with van der Waals surface area (Å²) in [5, 5.41) is 0.912. The number of hydrogen-bond donors (Lipinski definition) is 2. The molecule has 2 aromatic rings. The van der Waals surface area contributed by atoms with E-state index in [0.29, 0.717) is 47.2 Å². The number of halogens is 2. The van der Waals surface area contributed by atoms with Crippen LogP contribution in [0, 0.1) is 0 Å². The average molecular weight is 436 g/mol. The van der Waals surface area contributed by atoms with Crippen molar-refractivity contribution in [2.45, 2.75) is 18.3 Å². The summed E-state index contributed by atoms with van der Waals surface area (Å²) in [4.78, 5) is 27.6. The molecule has 0 saturated carbocycles. The minimum atomic E-state index is -0.904. The van der Waals surface area contributed by atoms with Gasteiger partial charge in [-0.15, -0.1) is 0 Å². The molecule has 154 valence electrons. The maximum absolute atomic E-state index is 13.2. The van der Waals surface area contributed by atoms with E-state index in [1.807, 2.05) is 25.1 Å². The standard InChI is InChI=1S/C21H23Cl2N3O3/c1-26(2)16-5-3-4-14(12-16)19(27)24-25-20(28)21(8-10-29-11-9-21)17-7-6-15(22)13-18(17)23/h3-7,12-13H,8-11H2,1-2H3,(H,24,27)(H,25,28). The first-order chi connectivity index (χ1) is 13.8. The van der Waals surface area contributed by atoms with Gasteiger partial charge in [-0.3, -0.25) is 20.4 Å². The summed E-state index contributed by atoms with van der Waals surface area (Å²) in [5.41, 5.74) is 6.21. The first-order valence-electron chi connectivity index (χ1n) is 9.25. The lowest BCUT2D eigenvalue weighted by Gasteiger charge is -2.36. The number of benzene rings is 2. The molecular formula is C21H23Cl2N3O3. The van der Waals surface area contributed by atoms with Gasteiger partial charge in [-0.05, 0) is 48.7 Å². The fourth-order valence-corrected chi connectivity index (χ4v) is 4.04. The third-order valence-electron chi connectivity index (χ3n) is 5.14. The third kappa shape index (κ3) is 4.66. The second kappa shape index (κ2) is 9.03. The van der Waals surface area contributed by atoms with Gasteiger partial charge in [0.25, 0.3) is 5.91 Å². The number of hydrogen-bond acceptors (Lipinski definition) is 4. The molecule has 1 heterocycles. The van der Waals surface area contributed by atoms with Crippen molar-refractivity contribution in [1.29, 1.82) is 0 Å². The maximum Gasteiger partial charge on any atom is 0.269 e. The number of anilines is 1. The van der Waals surface area contributed by atoms with Gasteiger partial charge in [0.1, 0.15) is 0 Å². The highest BCUT2D eigenvalue weighted by Crippen LogP contribution is 2.39.